The molecule has 0 fully saturated rings. The molecule has 3 rings (SSSR count). The lowest BCUT2D eigenvalue weighted by molar-refractivity contribution is 0.174. The van der Waals surface area contributed by atoms with Crippen LogP contribution in [0.25, 0.3) is 0 Å². The van der Waals surface area contributed by atoms with E-state index >= 15 is 0 Å². The Labute approximate surface area is 174 Å². The molecule has 3 aromatic rings. The fourth-order valence-corrected chi connectivity index (χ4v) is 3.17. The third-order valence-electron chi connectivity index (χ3n) is 4.50. The van der Waals surface area contributed by atoms with Crippen molar-refractivity contribution in [2.75, 3.05) is 13.7 Å². The Morgan fingerprint density at radius 1 is 1.03 bits per heavy atom. The minimum Gasteiger partial charge on any atom is -0.493 e. The molecule has 4 nitrogen and oxygen atoms in total. The molecule has 0 saturated heterocycles. The van der Waals surface area contributed by atoms with Crippen LogP contribution in [0.2, 0.25) is 5.02 Å². The first-order chi connectivity index (χ1) is 14.1. The molecule has 152 valence electrons. The van der Waals surface area contributed by atoms with Crippen LogP contribution in [0.3, 0.4) is 0 Å². The quantitative estimate of drug-likeness (QED) is 0.522. The molecule has 0 radical (unpaired) electrons. The molecular weight excluding hydrogens is 393 g/mol. The van der Waals surface area contributed by atoms with Gasteiger partial charge in [0, 0.05) is 24.2 Å². The highest BCUT2D eigenvalue weighted by molar-refractivity contribution is 6.31. The molecule has 6 heteroatoms. The maximum atomic E-state index is 13.2. The Morgan fingerprint density at radius 3 is 2.55 bits per heavy atom. The fourth-order valence-electron chi connectivity index (χ4n) is 2.95. The summed E-state index contributed by atoms with van der Waals surface area (Å²) in [5.41, 5.74) is 2.41. The van der Waals surface area contributed by atoms with Crippen molar-refractivity contribution in [3.05, 3.63) is 94.3 Å². The standard InChI is InChI=1S/C23H23ClFNO3/c1-28-22-9-5-8-17(13-26-14-21(27)16-6-3-2-4-7-16)23(22)29-15-18-10-11-19(25)12-20(18)24/h2-12,21,26-27H,13-15H2,1H3/t21-/m1/s1. The summed E-state index contributed by atoms with van der Waals surface area (Å²) in [5.74, 6) is 0.779. The monoisotopic (exact) mass is 415 g/mol. The highest BCUT2D eigenvalue weighted by atomic mass is 35.5. The van der Waals surface area contributed by atoms with Crippen LogP contribution >= 0.6 is 11.6 Å². The lowest BCUT2D eigenvalue weighted by Gasteiger charge is -2.17. The van der Waals surface area contributed by atoms with E-state index in [0.717, 1.165) is 11.1 Å². The van der Waals surface area contributed by atoms with Gasteiger partial charge in [-0.25, -0.2) is 4.39 Å². The summed E-state index contributed by atoms with van der Waals surface area (Å²) in [5, 5.41) is 13.9. The van der Waals surface area contributed by atoms with Crippen molar-refractivity contribution in [3.63, 3.8) is 0 Å². The van der Waals surface area contributed by atoms with Crippen molar-refractivity contribution >= 4 is 11.6 Å². The Balaban J connectivity index is 1.67. The van der Waals surface area contributed by atoms with Gasteiger partial charge in [-0.05, 0) is 23.8 Å². The number of ether oxygens (including phenoxy) is 2. The number of para-hydroxylation sites is 1. The normalized spacial score (nSPS) is 11.9. The molecular formula is C23H23ClFNO3. The first kappa shape index (κ1) is 21.1. The summed E-state index contributed by atoms with van der Waals surface area (Å²) in [6.45, 7) is 1.05. The fraction of sp³-hybridized carbons (Fsp3) is 0.217. The molecule has 3 aromatic carbocycles. The highest BCUT2D eigenvalue weighted by Crippen LogP contribution is 2.32. The zero-order valence-electron chi connectivity index (χ0n) is 16.1. The van der Waals surface area contributed by atoms with Gasteiger partial charge in [-0.2, -0.15) is 0 Å². The highest BCUT2D eigenvalue weighted by Gasteiger charge is 2.13. The summed E-state index contributed by atoms with van der Waals surface area (Å²) in [7, 11) is 1.57. The predicted octanol–water partition coefficient (Wildman–Crippen LogP) is 4.89. The Kier molecular flexibility index (Phi) is 7.47. The maximum Gasteiger partial charge on any atom is 0.166 e. The molecule has 0 spiro atoms. The number of benzene rings is 3. The van der Waals surface area contributed by atoms with E-state index in [1.807, 2.05) is 48.5 Å². The summed E-state index contributed by atoms with van der Waals surface area (Å²) in [4.78, 5) is 0. The van der Waals surface area contributed by atoms with E-state index in [-0.39, 0.29) is 6.61 Å². The van der Waals surface area contributed by atoms with E-state index in [9.17, 15) is 9.50 Å². The molecule has 1 atom stereocenters. The number of methoxy groups -OCH3 is 1. The van der Waals surface area contributed by atoms with Crippen LogP contribution in [-0.2, 0) is 13.2 Å². The summed E-state index contributed by atoms with van der Waals surface area (Å²) < 4.78 is 24.6. The molecule has 0 aliphatic rings. The van der Waals surface area contributed by atoms with Gasteiger partial charge in [0.2, 0.25) is 0 Å². The molecule has 0 bridgehead atoms. The van der Waals surface area contributed by atoms with Gasteiger partial charge < -0.3 is 19.9 Å². The minimum atomic E-state index is -0.607. The SMILES string of the molecule is COc1cccc(CNC[C@@H](O)c2ccccc2)c1OCc1ccc(F)cc1Cl. The van der Waals surface area contributed by atoms with Gasteiger partial charge in [0.25, 0.3) is 0 Å². The van der Waals surface area contributed by atoms with Crippen LogP contribution in [0.1, 0.15) is 22.8 Å². The van der Waals surface area contributed by atoms with Crippen molar-refractivity contribution in [2.24, 2.45) is 0 Å². The average molecular weight is 416 g/mol. The topological polar surface area (TPSA) is 50.7 Å². The van der Waals surface area contributed by atoms with Crippen molar-refractivity contribution in [1.82, 2.24) is 5.32 Å². The maximum absolute atomic E-state index is 13.2. The Hall–Kier alpha value is -2.60. The lowest BCUT2D eigenvalue weighted by atomic mass is 10.1. The number of rotatable bonds is 9. The first-order valence-corrected chi connectivity index (χ1v) is 9.62. The molecule has 0 saturated carbocycles. The first-order valence-electron chi connectivity index (χ1n) is 9.25. The Bertz CT molecular complexity index is 937. The second-order valence-corrected chi connectivity index (χ2v) is 6.94. The van der Waals surface area contributed by atoms with Gasteiger partial charge in [-0.3, -0.25) is 0 Å². The molecule has 0 amide bonds. The van der Waals surface area contributed by atoms with E-state index in [1.165, 1.54) is 12.1 Å². The van der Waals surface area contributed by atoms with Crippen LogP contribution in [0.4, 0.5) is 4.39 Å². The van der Waals surface area contributed by atoms with Crippen molar-refractivity contribution in [1.29, 1.82) is 0 Å². The van der Waals surface area contributed by atoms with E-state index in [0.29, 0.717) is 35.2 Å². The number of aliphatic hydroxyl groups is 1. The van der Waals surface area contributed by atoms with Crippen LogP contribution in [-0.4, -0.2) is 18.8 Å². The van der Waals surface area contributed by atoms with Gasteiger partial charge >= 0.3 is 0 Å². The molecule has 2 N–H and O–H groups in total. The molecule has 0 aliphatic carbocycles. The lowest BCUT2D eigenvalue weighted by Crippen LogP contribution is -2.21. The second kappa shape index (κ2) is 10.3. The molecule has 0 aliphatic heterocycles. The average Bonchev–Trinajstić information content (AvgIpc) is 2.74. The second-order valence-electron chi connectivity index (χ2n) is 6.53. The van der Waals surface area contributed by atoms with E-state index in [1.54, 1.807) is 13.2 Å². The number of nitrogens with one attached hydrogen (secondary N) is 1. The van der Waals surface area contributed by atoms with Gasteiger partial charge in [0.05, 0.1) is 18.2 Å². The van der Waals surface area contributed by atoms with Crippen molar-refractivity contribution in [2.45, 2.75) is 19.3 Å². The minimum absolute atomic E-state index is 0.180. The van der Waals surface area contributed by atoms with Gasteiger partial charge in [-0.1, -0.05) is 60.1 Å². The third kappa shape index (κ3) is 5.70. The summed E-state index contributed by atoms with van der Waals surface area (Å²) >= 11 is 6.09. The largest absolute Gasteiger partial charge is 0.493 e. The van der Waals surface area contributed by atoms with Gasteiger partial charge in [0.1, 0.15) is 12.4 Å². The Morgan fingerprint density at radius 2 is 1.83 bits per heavy atom. The third-order valence-corrected chi connectivity index (χ3v) is 4.86. The number of halogens is 2. The van der Waals surface area contributed by atoms with Crippen LogP contribution in [0.5, 0.6) is 11.5 Å². The van der Waals surface area contributed by atoms with E-state index in [2.05, 4.69) is 5.32 Å². The number of aliphatic hydroxyl groups excluding tert-OH is 1. The van der Waals surface area contributed by atoms with Crippen molar-refractivity contribution in [3.8, 4) is 11.5 Å². The molecule has 29 heavy (non-hydrogen) atoms. The predicted molar refractivity (Wildman–Crippen MR) is 112 cm³/mol. The van der Waals surface area contributed by atoms with E-state index < -0.39 is 11.9 Å². The number of hydrogen-bond acceptors (Lipinski definition) is 4. The summed E-state index contributed by atoms with van der Waals surface area (Å²) in [6.07, 6.45) is -0.607. The molecule has 0 aromatic heterocycles. The van der Waals surface area contributed by atoms with Gasteiger partial charge in [0.15, 0.2) is 11.5 Å². The van der Waals surface area contributed by atoms with E-state index in [4.69, 9.17) is 21.1 Å². The van der Waals surface area contributed by atoms with Gasteiger partial charge in [-0.15, -0.1) is 0 Å². The zero-order valence-corrected chi connectivity index (χ0v) is 16.8. The van der Waals surface area contributed by atoms with Crippen molar-refractivity contribution < 1.29 is 19.0 Å². The van der Waals surface area contributed by atoms with Crippen LogP contribution in [0.15, 0.2) is 66.7 Å². The molecule has 0 unspecified atom stereocenters. The smallest absolute Gasteiger partial charge is 0.166 e. The summed E-state index contributed by atoms with van der Waals surface area (Å²) in [6, 6.07) is 19.3. The number of hydrogen-bond donors (Lipinski definition) is 2. The van der Waals surface area contributed by atoms with Crippen LogP contribution in [0, 0.1) is 5.82 Å². The van der Waals surface area contributed by atoms with Crippen LogP contribution < -0.4 is 14.8 Å². The zero-order chi connectivity index (χ0) is 20.6. The molecule has 0 heterocycles.